The number of carbonyl (C=O) groups is 1. The maximum atomic E-state index is 12.3. The molecule has 1 aliphatic rings. The van der Waals surface area contributed by atoms with Gasteiger partial charge in [-0.3, -0.25) is 9.59 Å². The number of aryl methyl sites for hydroxylation is 1. The number of para-hydroxylation sites is 1. The fourth-order valence-corrected chi connectivity index (χ4v) is 3.40. The summed E-state index contributed by atoms with van der Waals surface area (Å²) in [6.07, 6.45) is 1.44. The fourth-order valence-electron chi connectivity index (χ4n) is 3.40. The van der Waals surface area contributed by atoms with E-state index < -0.39 is 0 Å². The Morgan fingerprint density at radius 1 is 1.00 bits per heavy atom. The largest absolute Gasteiger partial charge is 0.368 e. The lowest BCUT2D eigenvalue weighted by Gasteiger charge is -2.36. The minimum atomic E-state index is -0.367. The molecule has 1 saturated heterocycles. The van der Waals surface area contributed by atoms with Crippen LogP contribution in [-0.4, -0.2) is 51.8 Å². The molecule has 3 aromatic rings. The maximum absolute atomic E-state index is 12.3. The number of amides is 1. The third-order valence-electron chi connectivity index (χ3n) is 4.94. The van der Waals surface area contributed by atoms with Crippen LogP contribution in [0.15, 0.2) is 59.7 Å². The summed E-state index contributed by atoms with van der Waals surface area (Å²) in [4.78, 5) is 37.2. The van der Waals surface area contributed by atoms with Crippen molar-refractivity contribution in [1.82, 2.24) is 19.7 Å². The van der Waals surface area contributed by atoms with Crippen LogP contribution in [0.4, 0.5) is 17.3 Å². The van der Waals surface area contributed by atoms with Crippen LogP contribution < -0.4 is 20.7 Å². The van der Waals surface area contributed by atoms with E-state index >= 15 is 0 Å². The minimum Gasteiger partial charge on any atom is -0.368 e. The van der Waals surface area contributed by atoms with Crippen molar-refractivity contribution in [1.29, 1.82) is 0 Å². The summed E-state index contributed by atoms with van der Waals surface area (Å²) < 4.78 is 1.13. The van der Waals surface area contributed by atoms with Crippen LogP contribution in [0.1, 0.15) is 5.69 Å². The lowest BCUT2D eigenvalue weighted by atomic mass is 10.2. The van der Waals surface area contributed by atoms with E-state index in [-0.39, 0.29) is 18.0 Å². The van der Waals surface area contributed by atoms with Gasteiger partial charge in [-0.15, -0.1) is 0 Å². The molecule has 0 unspecified atom stereocenters. The number of aromatic nitrogens is 4. The van der Waals surface area contributed by atoms with Gasteiger partial charge in [0.2, 0.25) is 5.91 Å². The fraction of sp³-hybridized carbons (Fsp3) is 0.286. The van der Waals surface area contributed by atoms with Gasteiger partial charge < -0.3 is 15.1 Å². The highest BCUT2D eigenvalue weighted by molar-refractivity contribution is 5.89. The first kappa shape index (κ1) is 19.6. The van der Waals surface area contributed by atoms with Gasteiger partial charge in [0.05, 0.1) is 5.69 Å². The third-order valence-corrected chi connectivity index (χ3v) is 4.94. The lowest BCUT2D eigenvalue weighted by Crippen LogP contribution is -2.46. The first-order chi connectivity index (χ1) is 14.6. The van der Waals surface area contributed by atoms with Crippen molar-refractivity contribution in [2.24, 2.45) is 0 Å². The van der Waals surface area contributed by atoms with Crippen LogP contribution in [0.5, 0.6) is 0 Å². The van der Waals surface area contributed by atoms with E-state index in [0.717, 1.165) is 36.7 Å². The number of carbonyl (C=O) groups excluding carboxylic acids is 1. The number of benzene rings is 1. The maximum Gasteiger partial charge on any atom is 0.267 e. The highest BCUT2D eigenvalue weighted by atomic mass is 16.2. The zero-order valence-corrected chi connectivity index (χ0v) is 16.7. The Labute approximate surface area is 174 Å². The molecule has 30 heavy (non-hydrogen) atoms. The highest BCUT2D eigenvalue weighted by Crippen LogP contribution is 2.20. The average Bonchev–Trinajstić information content (AvgIpc) is 2.77. The molecule has 3 heterocycles. The van der Waals surface area contributed by atoms with Gasteiger partial charge in [-0.25, -0.2) is 14.6 Å². The molecule has 1 aliphatic heterocycles. The number of piperazine rings is 1. The predicted molar refractivity (Wildman–Crippen MR) is 115 cm³/mol. The SMILES string of the molecule is Cc1ccc(=O)n(CC(=O)Nc2cc(N3CCN(c4ccccc4)CC3)ncn2)n1. The molecule has 1 N–H and O–H groups in total. The van der Waals surface area contributed by atoms with Crippen LogP contribution >= 0.6 is 0 Å². The van der Waals surface area contributed by atoms with E-state index in [1.54, 1.807) is 19.1 Å². The first-order valence-corrected chi connectivity index (χ1v) is 9.80. The number of anilines is 3. The predicted octanol–water partition coefficient (Wildman–Crippen LogP) is 1.31. The van der Waals surface area contributed by atoms with Gasteiger partial charge >= 0.3 is 0 Å². The summed E-state index contributed by atoms with van der Waals surface area (Å²) >= 11 is 0. The zero-order valence-electron chi connectivity index (χ0n) is 16.7. The summed E-state index contributed by atoms with van der Waals surface area (Å²) in [5, 5.41) is 6.80. The van der Waals surface area contributed by atoms with E-state index in [2.05, 4.69) is 42.3 Å². The number of hydrogen-bond acceptors (Lipinski definition) is 7. The summed E-state index contributed by atoms with van der Waals surface area (Å²) in [6.45, 7) is 5.01. The van der Waals surface area contributed by atoms with Crippen LogP contribution in [0, 0.1) is 6.92 Å². The molecule has 9 heteroatoms. The molecule has 1 amide bonds. The van der Waals surface area contributed by atoms with Gasteiger partial charge in [0.25, 0.3) is 5.56 Å². The van der Waals surface area contributed by atoms with Gasteiger partial charge in [-0.1, -0.05) is 18.2 Å². The van der Waals surface area contributed by atoms with E-state index in [1.165, 1.54) is 18.1 Å². The Kier molecular flexibility index (Phi) is 5.69. The zero-order chi connectivity index (χ0) is 20.9. The molecule has 0 bridgehead atoms. The first-order valence-electron chi connectivity index (χ1n) is 9.80. The molecule has 1 aromatic carbocycles. The standard InChI is InChI=1S/C21H23N7O2/c1-16-7-8-21(30)28(25-16)14-20(29)24-18-13-19(23-15-22-18)27-11-9-26(10-12-27)17-5-3-2-4-6-17/h2-8,13,15H,9-12,14H2,1H3,(H,22,23,24,29). The number of hydrogen-bond donors (Lipinski definition) is 1. The Morgan fingerprint density at radius 3 is 2.50 bits per heavy atom. The second-order valence-electron chi connectivity index (χ2n) is 7.09. The van der Waals surface area contributed by atoms with Crippen molar-refractivity contribution >= 4 is 23.2 Å². The molecule has 0 atom stereocenters. The third kappa shape index (κ3) is 4.62. The Hall–Kier alpha value is -3.75. The Balaban J connectivity index is 1.38. The molecule has 1 fully saturated rings. The molecule has 9 nitrogen and oxygen atoms in total. The summed E-state index contributed by atoms with van der Waals surface area (Å²) in [5.41, 5.74) is 1.56. The van der Waals surface area contributed by atoms with Crippen molar-refractivity contribution < 1.29 is 4.79 Å². The number of nitrogens with one attached hydrogen (secondary N) is 1. The smallest absolute Gasteiger partial charge is 0.267 e. The van der Waals surface area contributed by atoms with Crippen molar-refractivity contribution in [2.75, 3.05) is 41.3 Å². The van der Waals surface area contributed by atoms with Crippen molar-refractivity contribution in [3.63, 3.8) is 0 Å². The van der Waals surface area contributed by atoms with E-state index in [1.807, 2.05) is 18.2 Å². The van der Waals surface area contributed by atoms with Crippen molar-refractivity contribution in [3.8, 4) is 0 Å². The van der Waals surface area contributed by atoms with Crippen molar-refractivity contribution in [3.05, 3.63) is 70.9 Å². The molecular formula is C21H23N7O2. The second kappa shape index (κ2) is 8.73. The topological polar surface area (TPSA) is 96.2 Å². The molecule has 4 rings (SSSR count). The number of nitrogens with zero attached hydrogens (tertiary/aromatic N) is 6. The molecule has 0 aliphatic carbocycles. The second-order valence-corrected chi connectivity index (χ2v) is 7.09. The molecule has 0 saturated carbocycles. The van der Waals surface area contributed by atoms with E-state index in [9.17, 15) is 9.59 Å². The highest BCUT2D eigenvalue weighted by Gasteiger charge is 2.19. The molecular weight excluding hydrogens is 382 g/mol. The van der Waals surface area contributed by atoms with Crippen LogP contribution in [0.25, 0.3) is 0 Å². The van der Waals surface area contributed by atoms with Crippen LogP contribution in [-0.2, 0) is 11.3 Å². The Morgan fingerprint density at radius 2 is 1.73 bits per heavy atom. The monoisotopic (exact) mass is 405 g/mol. The summed E-state index contributed by atoms with van der Waals surface area (Å²) in [6, 6.07) is 15.1. The summed E-state index contributed by atoms with van der Waals surface area (Å²) in [7, 11) is 0. The average molecular weight is 405 g/mol. The van der Waals surface area contributed by atoms with Gasteiger partial charge in [0.1, 0.15) is 24.5 Å². The van der Waals surface area contributed by atoms with Gasteiger partial charge in [0, 0.05) is 44.0 Å². The van der Waals surface area contributed by atoms with Gasteiger partial charge in [0.15, 0.2) is 0 Å². The minimum absolute atomic E-state index is 0.171. The van der Waals surface area contributed by atoms with Crippen molar-refractivity contribution in [2.45, 2.75) is 13.5 Å². The van der Waals surface area contributed by atoms with E-state index in [4.69, 9.17) is 0 Å². The summed E-state index contributed by atoms with van der Waals surface area (Å²) in [5.74, 6) is 0.795. The Bertz CT molecular complexity index is 1080. The van der Waals surface area contributed by atoms with Crippen LogP contribution in [0.2, 0.25) is 0 Å². The molecule has 154 valence electrons. The van der Waals surface area contributed by atoms with Crippen LogP contribution in [0.3, 0.4) is 0 Å². The molecule has 0 radical (unpaired) electrons. The van der Waals surface area contributed by atoms with Gasteiger partial charge in [-0.2, -0.15) is 5.10 Å². The number of rotatable bonds is 5. The quantitative estimate of drug-likeness (QED) is 0.684. The van der Waals surface area contributed by atoms with E-state index in [0.29, 0.717) is 11.5 Å². The molecule has 0 spiro atoms. The lowest BCUT2D eigenvalue weighted by molar-refractivity contribution is -0.117. The normalized spacial score (nSPS) is 13.9. The van der Waals surface area contributed by atoms with Gasteiger partial charge in [-0.05, 0) is 25.1 Å². The molecule has 2 aromatic heterocycles.